The summed E-state index contributed by atoms with van der Waals surface area (Å²) in [5.41, 5.74) is 2.35. The number of benzene rings is 1. The standard InChI is InChI=1S/C13H8N2O2/c16-7-13-14-6-5-11(15-13)10-8-17-12-4-2-1-3-9(10)12/h1-8H. The fourth-order valence-electron chi connectivity index (χ4n) is 1.76. The first-order valence-electron chi connectivity index (χ1n) is 5.13. The van der Waals surface area contributed by atoms with E-state index < -0.39 is 0 Å². The van der Waals surface area contributed by atoms with Crippen LogP contribution in [0.4, 0.5) is 0 Å². The largest absolute Gasteiger partial charge is 0.464 e. The molecular formula is C13H8N2O2. The van der Waals surface area contributed by atoms with E-state index in [1.807, 2.05) is 24.3 Å². The zero-order valence-corrected chi connectivity index (χ0v) is 8.83. The second kappa shape index (κ2) is 3.83. The molecule has 0 radical (unpaired) electrons. The van der Waals surface area contributed by atoms with Crippen molar-refractivity contribution < 1.29 is 9.21 Å². The van der Waals surface area contributed by atoms with Crippen molar-refractivity contribution in [3.8, 4) is 11.3 Å². The molecule has 4 nitrogen and oxygen atoms in total. The normalized spacial score (nSPS) is 10.6. The number of nitrogens with zero attached hydrogens (tertiary/aromatic N) is 2. The van der Waals surface area contributed by atoms with E-state index in [4.69, 9.17) is 4.42 Å². The lowest BCUT2D eigenvalue weighted by molar-refractivity contribution is 0.111. The minimum atomic E-state index is 0.174. The summed E-state index contributed by atoms with van der Waals surface area (Å²) in [6.07, 6.45) is 3.83. The minimum absolute atomic E-state index is 0.174. The second-order valence-corrected chi connectivity index (χ2v) is 3.56. The SMILES string of the molecule is O=Cc1nccc(-c2coc3ccccc23)n1. The average Bonchev–Trinajstić information content (AvgIpc) is 2.82. The van der Waals surface area contributed by atoms with E-state index in [0.717, 1.165) is 16.5 Å². The third kappa shape index (κ3) is 1.59. The average molecular weight is 224 g/mol. The van der Waals surface area contributed by atoms with Crippen LogP contribution in [-0.4, -0.2) is 16.3 Å². The monoisotopic (exact) mass is 224 g/mol. The van der Waals surface area contributed by atoms with Crippen LogP contribution in [0, 0.1) is 0 Å². The molecule has 0 saturated heterocycles. The van der Waals surface area contributed by atoms with Gasteiger partial charge in [0.05, 0.1) is 5.69 Å². The molecule has 0 bridgehead atoms. The van der Waals surface area contributed by atoms with Gasteiger partial charge in [-0.2, -0.15) is 0 Å². The lowest BCUT2D eigenvalue weighted by Crippen LogP contribution is -1.93. The van der Waals surface area contributed by atoms with E-state index >= 15 is 0 Å². The summed E-state index contributed by atoms with van der Waals surface area (Å²) in [4.78, 5) is 18.6. The van der Waals surface area contributed by atoms with Crippen molar-refractivity contribution in [2.45, 2.75) is 0 Å². The quantitative estimate of drug-likeness (QED) is 0.628. The molecule has 0 spiro atoms. The van der Waals surface area contributed by atoms with Gasteiger partial charge in [-0.05, 0) is 12.1 Å². The first-order valence-corrected chi connectivity index (χ1v) is 5.13. The van der Waals surface area contributed by atoms with Crippen molar-refractivity contribution in [1.82, 2.24) is 9.97 Å². The predicted octanol–water partition coefficient (Wildman–Crippen LogP) is 2.70. The number of rotatable bonds is 2. The van der Waals surface area contributed by atoms with Crippen molar-refractivity contribution >= 4 is 17.3 Å². The van der Waals surface area contributed by atoms with Crippen LogP contribution in [0.25, 0.3) is 22.2 Å². The summed E-state index contributed by atoms with van der Waals surface area (Å²) in [7, 11) is 0. The molecule has 0 aliphatic rings. The summed E-state index contributed by atoms with van der Waals surface area (Å²) < 4.78 is 5.43. The smallest absolute Gasteiger partial charge is 0.193 e. The van der Waals surface area contributed by atoms with Gasteiger partial charge in [0, 0.05) is 17.1 Å². The minimum Gasteiger partial charge on any atom is -0.464 e. The number of hydrogen-bond donors (Lipinski definition) is 0. The van der Waals surface area contributed by atoms with Crippen molar-refractivity contribution in [2.24, 2.45) is 0 Å². The molecular weight excluding hydrogens is 216 g/mol. The van der Waals surface area contributed by atoms with Gasteiger partial charge >= 0.3 is 0 Å². The molecule has 0 aliphatic carbocycles. The number of aromatic nitrogens is 2. The summed E-state index contributed by atoms with van der Waals surface area (Å²) >= 11 is 0. The molecule has 1 aromatic carbocycles. The van der Waals surface area contributed by atoms with E-state index in [1.165, 1.54) is 0 Å². The molecule has 4 heteroatoms. The molecule has 0 fully saturated rings. The second-order valence-electron chi connectivity index (χ2n) is 3.56. The highest BCUT2D eigenvalue weighted by atomic mass is 16.3. The Kier molecular flexibility index (Phi) is 2.19. The molecule has 3 aromatic rings. The lowest BCUT2D eigenvalue weighted by Gasteiger charge is -1.97. The third-order valence-corrected chi connectivity index (χ3v) is 2.54. The van der Waals surface area contributed by atoms with Gasteiger partial charge in [-0.25, -0.2) is 9.97 Å². The van der Waals surface area contributed by atoms with Crippen LogP contribution in [0.1, 0.15) is 10.6 Å². The third-order valence-electron chi connectivity index (χ3n) is 2.54. The number of aldehydes is 1. The Morgan fingerprint density at radius 1 is 1.18 bits per heavy atom. The molecule has 0 saturated carbocycles. The highest BCUT2D eigenvalue weighted by Crippen LogP contribution is 2.28. The fourth-order valence-corrected chi connectivity index (χ4v) is 1.76. The van der Waals surface area contributed by atoms with Gasteiger partial charge in [-0.3, -0.25) is 4.79 Å². The maximum atomic E-state index is 10.6. The van der Waals surface area contributed by atoms with E-state index in [0.29, 0.717) is 12.0 Å². The Balaban J connectivity index is 2.23. The first kappa shape index (κ1) is 9.72. The summed E-state index contributed by atoms with van der Waals surface area (Å²) in [5.74, 6) is 0.174. The predicted molar refractivity (Wildman–Crippen MR) is 62.6 cm³/mol. The summed E-state index contributed by atoms with van der Waals surface area (Å²) in [6.45, 7) is 0. The highest BCUT2D eigenvalue weighted by Gasteiger charge is 2.09. The number of fused-ring (bicyclic) bond motifs is 1. The van der Waals surface area contributed by atoms with Crippen molar-refractivity contribution in [1.29, 1.82) is 0 Å². The van der Waals surface area contributed by atoms with Gasteiger partial charge in [0.2, 0.25) is 0 Å². The molecule has 0 unspecified atom stereocenters. The van der Waals surface area contributed by atoms with Crippen LogP contribution >= 0.6 is 0 Å². The molecule has 0 amide bonds. The molecule has 2 heterocycles. The topological polar surface area (TPSA) is 56.0 Å². The van der Waals surface area contributed by atoms with Gasteiger partial charge in [0.15, 0.2) is 12.1 Å². The van der Waals surface area contributed by atoms with Gasteiger partial charge in [0.25, 0.3) is 0 Å². The zero-order valence-electron chi connectivity index (χ0n) is 8.83. The molecule has 0 aliphatic heterocycles. The van der Waals surface area contributed by atoms with Gasteiger partial charge in [0.1, 0.15) is 11.8 Å². The lowest BCUT2D eigenvalue weighted by atomic mass is 10.1. The molecule has 0 N–H and O–H groups in total. The Labute approximate surface area is 96.9 Å². The molecule has 2 aromatic heterocycles. The number of furan rings is 1. The number of carbonyl (C=O) groups excluding carboxylic acids is 1. The Hall–Kier alpha value is -2.49. The van der Waals surface area contributed by atoms with Crippen LogP contribution in [0.3, 0.4) is 0 Å². The molecule has 3 rings (SSSR count). The van der Waals surface area contributed by atoms with Crippen LogP contribution in [0.2, 0.25) is 0 Å². The number of para-hydroxylation sites is 1. The Morgan fingerprint density at radius 3 is 2.94 bits per heavy atom. The van der Waals surface area contributed by atoms with Crippen LogP contribution in [0.15, 0.2) is 47.2 Å². The summed E-state index contributed by atoms with van der Waals surface area (Å²) in [5, 5.41) is 0.975. The van der Waals surface area contributed by atoms with E-state index in [1.54, 1.807) is 18.5 Å². The van der Waals surface area contributed by atoms with Crippen molar-refractivity contribution in [3.63, 3.8) is 0 Å². The molecule has 17 heavy (non-hydrogen) atoms. The molecule has 0 atom stereocenters. The van der Waals surface area contributed by atoms with E-state index in [-0.39, 0.29) is 5.82 Å². The fraction of sp³-hybridized carbons (Fsp3) is 0. The zero-order chi connectivity index (χ0) is 11.7. The van der Waals surface area contributed by atoms with E-state index in [2.05, 4.69) is 9.97 Å². The first-order chi connectivity index (χ1) is 8.38. The maximum Gasteiger partial charge on any atom is 0.193 e. The van der Waals surface area contributed by atoms with Gasteiger partial charge in [-0.15, -0.1) is 0 Å². The summed E-state index contributed by atoms with van der Waals surface area (Å²) in [6, 6.07) is 9.44. The number of hydrogen-bond acceptors (Lipinski definition) is 4. The van der Waals surface area contributed by atoms with Crippen LogP contribution < -0.4 is 0 Å². The Bertz CT molecular complexity index is 688. The van der Waals surface area contributed by atoms with Gasteiger partial charge < -0.3 is 4.42 Å². The van der Waals surface area contributed by atoms with Gasteiger partial charge in [-0.1, -0.05) is 18.2 Å². The number of carbonyl (C=O) groups is 1. The van der Waals surface area contributed by atoms with E-state index in [9.17, 15) is 4.79 Å². The maximum absolute atomic E-state index is 10.6. The van der Waals surface area contributed by atoms with Crippen molar-refractivity contribution in [3.05, 3.63) is 48.6 Å². The van der Waals surface area contributed by atoms with Crippen molar-refractivity contribution in [2.75, 3.05) is 0 Å². The molecule has 82 valence electrons. The van der Waals surface area contributed by atoms with Crippen LogP contribution in [-0.2, 0) is 0 Å². The highest BCUT2D eigenvalue weighted by molar-refractivity contribution is 5.93. The Morgan fingerprint density at radius 2 is 2.06 bits per heavy atom. The van der Waals surface area contributed by atoms with Crippen LogP contribution in [0.5, 0.6) is 0 Å².